The summed E-state index contributed by atoms with van der Waals surface area (Å²) in [7, 11) is 1.33. The maximum atomic E-state index is 12.8. The van der Waals surface area contributed by atoms with Crippen molar-refractivity contribution in [2.75, 3.05) is 12.8 Å². The number of aromatic nitrogens is 1. The molecule has 1 heterocycles. The molecule has 0 bridgehead atoms. The molecule has 3 N–H and O–H groups in total. The summed E-state index contributed by atoms with van der Waals surface area (Å²) in [6.07, 6.45) is -2.83. The van der Waals surface area contributed by atoms with Gasteiger partial charge in [-0.3, -0.25) is 0 Å². The van der Waals surface area contributed by atoms with Crippen molar-refractivity contribution in [3.63, 3.8) is 0 Å². The molecular formula is C11H10F2N2O3. The van der Waals surface area contributed by atoms with Crippen molar-refractivity contribution in [2.24, 2.45) is 0 Å². The summed E-state index contributed by atoms with van der Waals surface area (Å²) < 4.78 is 35.2. The van der Waals surface area contributed by atoms with E-state index in [9.17, 15) is 13.9 Å². The number of nitrogen functional groups attached to an aromatic ring is 1. The van der Waals surface area contributed by atoms with Crippen LogP contribution >= 0.6 is 0 Å². The fourth-order valence-corrected chi connectivity index (χ4v) is 1.52. The van der Waals surface area contributed by atoms with Crippen molar-refractivity contribution in [3.05, 3.63) is 23.8 Å². The molecule has 0 saturated heterocycles. The highest BCUT2D eigenvalue weighted by atomic mass is 19.3. The van der Waals surface area contributed by atoms with Gasteiger partial charge in [-0.15, -0.1) is 0 Å². The summed E-state index contributed by atoms with van der Waals surface area (Å²) >= 11 is 0. The largest absolute Gasteiger partial charge is 0.507 e. The van der Waals surface area contributed by atoms with Crippen molar-refractivity contribution >= 4 is 5.82 Å². The molecule has 1 aromatic carbocycles. The Morgan fingerprint density at radius 2 is 2.11 bits per heavy atom. The van der Waals surface area contributed by atoms with Crippen molar-refractivity contribution in [2.45, 2.75) is 6.43 Å². The number of phenolic OH excluding ortho intramolecular Hbond substituents is 1. The van der Waals surface area contributed by atoms with Crippen LogP contribution in [0, 0.1) is 0 Å². The van der Waals surface area contributed by atoms with Gasteiger partial charge in [0, 0.05) is 6.07 Å². The molecule has 0 amide bonds. The SMILES string of the molecule is COc1cc(-c2cc(N)no2)c(O)c(C(F)F)c1. The number of benzene rings is 1. The lowest BCUT2D eigenvalue weighted by atomic mass is 10.1. The van der Waals surface area contributed by atoms with E-state index in [2.05, 4.69) is 5.16 Å². The van der Waals surface area contributed by atoms with E-state index in [1.807, 2.05) is 0 Å². The molecule has 96 valence electrons. The number of ether oxygens (including phenoxy) is 1. The third-order valence-electron chi connectivity index (χ3n) is 2.38. The van der Waals surface area contributed by atoms with Gasteiger partial charge < -0.3 is 20.1 Å². The highest BCUT2D eigenvalue weighted by Gasteiger charge is 2.21. The molecule has 18 heavy (non-hydrogen) atoms. The predicted molar refractivity (Wildman–Crippen MR) is 59.5 cm³/mol. The fraction of sp³-hybridized carbons (Fsp3) is 0.182. The monoisotopic (exact) mass is 256 g/mol. The van der Waals surface area contributed by atoms with Gasteiger partial charge >= 0.3 is 0 Å². The maximum Gasteiger partial charge on any atom is 0.267 e. The summed E-state index contributed by atoms with van der Waals surface area (Å²) in [6.45, 7) is 0. The van der Waals surface area contributed by atoms with Crippen LogP contribution < -0.4 is 10.5 Å². The molecular weight excluding hydrogens is 246 g/mol. The zero-order valence-electron chi connectivity index (χ0n) is 9.35. The molecule has 2 aromatic rings. The standard InChI is InChI=1S/C11H10F2N2O3/c1-17-5-2-6(8-4-9(14)15-18-8)10(16)7(3-5)11(12)13/h2-4,11,16H,1H3,(H2,14,15). The van der Waals surface area contributed by atoms with E-state index in [-0.39, 0.29) is 22.9 Å². The normalized spacial score (nSPS) is 10.9. The lowest BCUT2D eigenvalue weighted by Gasteiger charge is -2.10. The average Bonchev–Trinajstić information content (AvgIpc) is 2.75. The Morgan fingerprint density at radius 1 is 1.39 bits per heavy atom. The lowest BCUT2D eigenvalue weighted by Crippen LogP contribution is -1.92. The number of hydrogen-bond donors (Lipinski definition) is 2. The summed E-state index contributed by atoms with van der Waals surface area (Å²) in [5, 5.41) is 13.2. The molecule has 0 aliphatic rings. The zero-order valence-corrected chi connectivity index (χ0v) is 9.35. The van der Waals surface area contributed by atoms with Crippen LogP contribution in [0.3, 0.4) is 0 Å². The maximum absolute atomic E-state index is 12.8. The third-order valence-corrected chi connectivity index (χ3v) is 2.38. The number of halogens is 2. The van der Waals surface area contributed by atoms with Gasteiger partial charge in [-0.25, -0.2) is 8.78 Å². The lowest BCUT2D eigenvalue weighted by molar-refractivity contribution is 0.147. The Balaban J connectivity index is 2.62. The van der Waals surface area contributed by atoms with Crippen LogP contribution in [0.4, 0.5) is 14.6 Å². The Hall–Kier alpha value is -2.31. The number of phenols is 1. The van der Waals surface area contributed by atoms with E-state index in [0.717, 1.165) is 6.07 Å². The number of methoxy groups -OCH3 is 1. The van der Waals surface area contributed by atoms with Crippen molar-refractivity contribution in [1.82, 2.24) is 5.16 Å². The van der Waals surface area contributed by atoms with E-state index in [1.165, 1.54) is 19.2 Å². The Bertz CT molecular complexity index is 569. The third kappa shape index (κ3) is 2.06. The predicted octanol–water partition coefficient (Wildman–Crippen LogP) is 2.58. The molecule has 0 aliphatic heterocycles. The second kappa shape index (κ2) is 4.52. The van der Waals surface area contributed by atoms with Gasteiger partial charge in [0.1, 0.15) is 11.5 Å². The van der Waals surface area contributed by atoms with Gasteiger partial charge in [0.15, 0.2) is 11.6 Å². The number of alkyl halides is 2. The first-order valence-electron chi connectivity index (χ1n) is 4.94. The molecule has 0 atom stereocenters. The zero-order chi connectivity index (χ0) is 13.3. The molecule has 0 radical (unpaired) electrons. The second-order valence-electron chi connectivity index (χ2n) is 3.53. The first-order chi connectivity index (χ1) is 8.52. The van der Waals surface area contributed by atoms with Gasteiger partial charge in [-0.2, -0.15) is 0 Å². The van der Waals surface area contributed by atoms with E-state index < -0.39 is 17.7 Å². The van der Waals surface area contributed by atoms with Crippen LogP contribution in [0.25, 0.3) is 11.3 Å². The second-order valence-corrected chi connectivity index (χ2v) is 3.53. The van der Waals surface area contributed by atoms with Crippen molar-refractivity contribution in [1.29, 1.82) is 0 Å². The Kier molecular flexibility index (Phi) is 3.05. The molecule has 2 rings (SSSR count). The molecule has 5 nitrogen and oxygen atoms in total. The number of nitrogens with two attached hydrogens (primary N) is 1. The van der Waals surface area contributed by atoms with Crippen LogP contribution in [0.5, 0.6) is 11.5 Å². The Morgan fingerprint density at radius 3 is 2.61 bits per heavy atom. The van der Waals surface area contributed by atoms with Gasteiger partial charge in [-0.1, -0.05) is 5.16 Å². The van der Waals surface area contributed by atoms with Crippen molar-refractivity contribution < 1.29 is 23.1 Å². The molecule has 1 aromatic heterocycles. The topological polar surface area (TPSA) is 81.5 Å². The average molecular weight is 256 g/mol. The molecule has 0 fully saturated rings. The van der Waals surface area contributed by atoms with E-state index >= 15 is 0 Å². The van der Waals surface area contributed by atoms with Gasteiger partial charge in [0.05, 0.1) is 18.2 Å². The van der Waals surface area contributed by atoms with E-state index in [4.69, 9.17) is 15.0 Å². The van der Waals surface area contributed by atoms with E-state index in [0.29, 0.717) is 0 Å². The fourth-order valence-electron chi connectivity index (χ4n) is 1.52. The minimum atomic E-state index is -2.83. The van der Waals surface area contributed by atoms with Crippen LogP contribution in [0.1, 0.15) is 12.0 Å². The van der Waals surface area contributed by atoms with Crippen LogP contribution in [-0.2, 0) is 0 Å². The summed E-state index contributed by atoms with van der Waals surface area (Å²) in [5.74, 6) is -0.230. The Labute approximate surface area is 101 Å². The van der Waals surface area contributed by atoms with Crippen LogP contribution in [-0.4, -0.2) is 17.4 Å². The summed E-state index contributed by atoms with van der Waals surface area (Å²) in [5.41, 5.74) is 4.88. The first kappa shape index (κ1) is 12.2. The first-order valence-corrected chi connectivity index (χ1v) is 4.94. The van der Waals surface area contributed by atoms with Gasteiger partial charge in [-0.05, 0) is 12.1 Å². The molecule has 0 aliphatic carbocycles. The number of aromatic hydroxyl groups is 1. The molecule has 7 heteroatoms. The molecule has 0 spiro atoms. The quantitative estimate of drug-likeness (QED) is 0.882. The van der Waals surface area contributed by atoms with Crippen molar-refractivity contribution in [3.8, 4) is 22.8 Å². The van der Waals surface area contributed by atoms with E-state index in [1.54, 1.807) is 0 Å². The number of hydrogen-bond acceptors (Lipinski definition) is 5. The number of anilines is 1. The highest BCUT2D eigenvalue weighted by molar-refractivity contribution is 5.71. The van der Waals surface area contributed by atoms with Gasteiger partial charge in [0.2, 0.25) is 0 Å². The molecule has 0 saturated carbocycles. The summed E-state index contributed by atoms with van der Waals surface area (Å²) in [4.78, 5) is 0. The molecule has 0 unspecified atom stereocenters. The van der Waals surface area contributed by atoms with Gasteiger partial charge in [0.25, 0.3) is 6.43 Å². The number of rotatable bonds is 3. The number of nitrogens with zero attached hydrogens (tertiary/aromatic N) is 1. The van der Waals surface area contributed by atoms with Crippen LogP contribution in [0.15, 0.2) is 22.7 Å². The minimum Gasteiger partial charge on any atom is -0.507 e. The summed E-state index contributed by atoms with van der Waals surface area (Å²) in [6, 6.07) is 3.74. The highest BCUT2D eigenvalue weighted by Crippen LogP contribution is 2.40. The smallest absolute Gasteiger partial charge is 0.267 e. The van der Waals surface area contributed by atoms with Crippen LogP contribution in [0.2, 0.25) is 0 Å². The minimum absolute atomic E-state index is 0.0499.